The molecule has 2 aliphatic heterocycles. The fourth-order valence-corrected chi connectivity index (χ4v) is 4.45. The Bertz CT molecular complexity index is 832. The third-order valence-corrected chi connectivity index (χ3v) is 6.94. The minimum atomic E-state index is -1.15. The first-order valence-corrected chi connectivity index (χ1v) is 10.5. The topological polar surface area (TPSA) is 88.1 Å². The summed E-state index contributed by atoms with van der Waals surface area (Å²) in [5, 5.41) is 12.8. The predicted octanol–water partition coefficient (Wildman–Crippen LogP) is 3.48. The maximum atomic E-state index is 13.6. The third kappa shape index (κ3) is 3.50. The second-order valence-corrected chi connectivity index (χ2v) is 10.3. The number of benzene rings is 1. The molecule has 8 heteroatoms. The third-order valence-electron chi connectivity index (χ3n) is 6.94. The number of para-hydroxylation sites is 1. The van der Waals surface area contributed by atoms with Crippen molar-refractivity contribution in [1.29, 1.82) is 0 Å². The highest BCUT2D eigenvalue weighted by Crippen LogP contribution is 2.44. The summed E-state index contributed by atoms with van der Waals surface area (Å²) in [5.41, 5.74) is -1.46. The van der Waals surface area contributed by atoms with Crippen LogP contribution in [0.5, 0.6) is 0 Å². The van der Waals surface area contributed by atoms with Gasteiger partial charge in [0.15, 0.2) is 0 Å². The molecule has 30 heavy (non-hydrogen) atoms. The Morgan fingerprint density at radius 2 is 1.67 bits per heavy atom. The normalized spacial score (nSPS) is 25.4. The number of amides is 2. The lowest BCUT2D eigenvalue weighted by atomic mass is 9.70. The molecule has 1 aromatic rings. The molecule has 0 aromatic heterocycles. The molecular formula is C22H33BN2O5. The summed E-state index contributed by atoms with van der Waals surface area (Å²) in [5.74, 6) is -0.320. The van der Waals surface area contributed by atoms with Crippen molar-refractivity contribution in [1.82, 2.24) is 4.90 Å². The number of rotatable bonds is 3. The van der Waals surface area contributed by atoms with Crippen molar-refractivity contribution in [2.24, 2.45) is 5.41 Å². The van der Waals surface area contributed by atoms with Crippen LogP contribution in [0.1, 0.15) is 61.3 Å². The van der Waals surface area contributed by atoms with E-state index in [-0.39, 0.29) is 5.91 Å². The monoisotopic (exact) mass is 416 g/mol. The summed E-state index contributed by atoms with van der Waals surface area (Å²) in [6.45, 7) is 14.0. The van der Waals surface area contributed by atoms with Crippen LogP contribution >= 0.6 is 0 Å². The predicted molar refractivity (Wildman–Crippen MR) is 117 cm³/mol. The molecule has 0 saturated carbocycles. The molecule has 2 saturated heterocycles. The van der Waals surface area contributed by atoms with E-state index < -0.39 is 35.4 Å². The van der Waals surface area contributed by atoms with Gasteiger partial charge in [0.1, 0.15) is 5.54 Å². The molecule has 1 unspecified atom stereocenters. The van der Waals surface area contributed by atoms with E-state index in [0.29, 0.717) is 30.5 Å². The van der Waals surface area contributed by atoms with Gasteiger partial charge in [-0.05, 0) is 52.0 Å². The van der Waals surface area contributed by atoms with Crippen molar-refractivity contribution in [2.45, 2.75) is 78.0 Å². The Labute approximate surface area is 179 Å². The van der Waals surface area contributed by atoms with Gasteiger partial charge in [-0.3, -0.25) is 9.69 Å². The molecule has 164 valence electrons. The minimum Gasteiger partial charge on any atom is -0.465 e. The molecule has 2 fully saturated rings. The van der Waals surface area contributed by atoms with Crippen molar-refractivity contribution in [3.8, 4) is 0 Å². The number of nitrogens with zero attached hydrogens (tertiary/aromatic N) is 1. The molecule has 2 N–H and O–H groups in total. The molecule has 0 bridgehead atoms. The molecule has 3 rings (SSSR count). The number of nitrogens with one attached hydrogen (secondary N) is 1. The Kier molecular flexibility index (Phi) is 5.48. The average Bonchev–Trinajstić information content (AvgIpc) is 3.15. The smallest absolute Gasteiger partial charge is 0.465 e. The van der Waals surface area contributed by atoms with E-state index in [1.54, 1.807) is 6.07 Å². The molecule has 2 amide bonds. The largest absolute Gasteiger partial charge is 0.496 e. The Morgan fingerprint density at radius 3 is 2.20 bits per heavy atom. The van der Waals surface area contributed by atoms with Crippen LogP contribution in [-0.4, -0.2) is 52.4 Å². The molecule has 1 atom stereocenters. The van der Waals surface area contributed by atoms with Crippen LogP contribution in [-0.2, 0) is 14.1 Å². The number of hydrogen-bond acceptors (Lipinski definition) is 4. The van der Waals surface area contributed by atoms with Crippen molar-refractivity contribution >= 4 is 30.3 Å². The Hall–Kier alpha value is -2.06. The van der Waals surface area contributed by atoms with Crippen LogP contribution in [0.3, 0.4) is 0 Å². The number of hydrogen-bond donors (Lipinski definition) is 2. The molecule has 1 aromatic carbocycles. The number of carboxylic acid groups (broad SMARTS) is 1. The first-order valence-electron chi connectivity index (χ1n) is 10.5. The minimum absolute atomic E-state index is 0.320. The maximum Gasteiger partial charge on any atom is 0.496 e. The zero-order valence-electron chi connectivity index (χ0n) is 19.0. The van der Waals surface area contributed by atoms with Crippen LogP contribution in [0.4, 0.5) is 10.5 Å². The molecule has 0 aliphatic carbocycles. The van der Waals surface area contributed by atoms with Gasteiger partial charge in [-0.25, -0.2) is 4.79 Å². The van der Waals surface area contributed by atoms with Gasteiger partial charge in [0, 0.05) is 17.7 Å². The van der Waals surface area contributed by atoms with Crippen molar-refractivity contribution in [3.63, 3.8) is 0 Å². The SMILES string of the molecule is CC(C)(C)C1(C(=O)Nc2ccccc2B2OC(C)(C)C(C)(C)O2)CCCN1C(=O)O. The second-order valence-electron chi connectivity index (χ2n) is 10.3. The summed E-state index contributed by atoms with van der Waals surface area (Å²) in [6.07, 6.45) is 0.0557. The molecule has 2 aliphatic rings. The summed E-state index contributed by atoms with van der Waals surface area (Å²) in [7, 11) is -0.628. The van der Waals surface area contributed by atoms with Gasteiger partial charge in [0.2, 0.25) is 0 Å². The lowest BCUT2D eigenvalue weighted by molar-refractivity contribution is -0.131. The second kappa shape index (κ2) is 7.27. The standard InChI is InChI=1S/C22H33BN2O5/c1-19(2,3)22(13-10-14-25(22)18(27)28)17(26)24-16-12-9-8-11-15(16)23-29-20(4,5)21(6,7)30-23/h8-9,11-12H,10,13-14H2,1-7H3,(H,24,26)(H,27,28). The van der Waals surface area contributed by atoms with Gasteiger partial charge in [-0.1, -0.05) is 39.0 Å². The summed E-state index contributed by atoms with van der Waals surface area (Å²) in [6, 6.07) is 7.37. The Balaban J connectivity index is 1.96. The van der Waals surface area contributed by atoms with Gasteiger partial charge in [-0.15, -0.1) is 0 Å². The van der Waals surface area contributed by atoms with Crippen molar-refractivity contribution in [3.05, 3.63) is 24.3 Å². The molecule has 2 heterocycles. The first-order chi connectivity index (χ1) is 13.7. The highest BCUT2D eigenvalue weighted by atomic mass is 16.7. The van der Waals surface area contributed by atoms with Crippen molar-refractivity contribution < 1.29 is 24.0 Å². The van der Waals surface area contributed by atoms with E-state index in [9.17, 15) is 14.7 Å². The zero-order chi connectivity index (χ0) is 22.5. The van der Waals surface area contributed by atoms with Crippen LogP contribution in [0.2, 0.25) is 0 Å². The zero-order valence-corrected chi connectivity index (χ0v) is 19.0. The highest BCUT2D eigenvalue weighted by molar-refractivity contribution is 6.64. The van der Waals surface area contributed by atoms with Crippen LogP contribution in [0.25, 0.3) is 0 Å². The average molecular weight is 416 g/mol. The quantitative estimate of drug-likeness (QED) is 0.737. The van der Waals surface area contributed by atoms with Gasteiger partial charge >= 0.3 is 13.2 Å². The fourth-order valence-electron chi connectivity index (χ4n) is 4.45. The van der Waals surface area contributed by atoms with Crippen molar-refractivity contribution in [2.75, 3.05) is 11.9 Å². The molecule has 7 nitrogen and oxygen atoms in total. The van der Waals surface area contributed by atoms with E-state index in [1.807, 2.05) is 66.7 Å². The molecular weight excluding hydrogens is 383 g/mol. The summed E-state index contributed by atoms with van der Waals surface area (Å²) >= 11 is 0. The number of carbonyl (C=O) groups is 2. The first kappa shape index (κ1) is 22.6. The van der Waals surface area contributed by atoms with E-state index in [4.69, 9.17) is 9.31 Å². The Morgan fingerprint density at radius 1 is 1.10 bits per heavy atom. The van der Waals surface area contributed by atoms with Crippen LogP contribution < -0.4 is 10.8 Å². The number of anilines is 1. The van der Waals surface area contributed by atoms with Gasteiger partial charge in [-0.2, -0.15) is 0 Å². The van der Waals surface area contributed by atoms with Crippen LogP contribution in [0, 0.1) is 5.41 Å². The van der Waals surface area contributed by atoms with Gasteiger partial charge < -0.3 is 19.7 Å². The summed E-state index contributed by atoms with van der Waals surface area (Å²) < 4.78 is 12.3. The van der Waals surface area contributed by atoms with E-state index in [0.717, 1.165) is 0 Å². The summed E-state index contributed by atoms with van der Waals surface area (Å²) in [4.78, 5) is 26.9. The number of carbonyl (C=O) groups excluding carboxylic acids is 1. The van der Waals surface area contributed by atoms with Gasteiger partial charge in [0.05, 0.1) is 11.2 Å². The molecule has 0 spiro atoms. The van der Waals surface area contributed by atoms with E-state index in [2.05, 4.69) is 5.32 Å². The maximum absolute atomic E-state index is 13.6. The lowest BCUT2D eigenvalue weighted by Crippen LogP contribution is -2.62. The lowest BCUT2D eigenvalue weighted by Gasteiger charge is -2.45. The number of likely N-dealkylation sites (tertiary alicyclic amines) is 1. The fraction of sp³-hybridized carbons (Fsp3) is 0.636. The molecule has 0 radical (unpaired) electrons. The van der Waals surface area contributed by atoms with Crippen LogP contribution in [0.15, 0.2) is 24.3 Å². The van der Waals surface area contributed by atoms with Gasteiger partial charge in [0.25, 0.3) is 5.91 Å². The van der Waals surface area contributed by atoms with E-state index in [1.165, 1.54) is 4.90 Å². The van der Waals surface area contributed by atoms with E-state index >= 15 is 0 Å². The highest BCUT2D eigenvalue weighted by Gasteiger charge is 2.58.